The van der Waals surface area contributed by atoms with E-state index in [9.17, 15) is 4.79 Å². The first kappa shape index (κ1) is 15.6. The number of ether oxygens (including phenoxy) is 3. The Hall–Kier alpha value is -0.750. The zero-order valence-corrected chi connectivity index (χ0v) is 13.2. The van der Waals surface area contributed by atoms with E-state index in [4.69, 9.17) is 23.0 Å². The zero-order valence-electron chi connectivity index (χ0n) is 11.1. The van der Waals surface area contributed by atoms with Gasteiger partial charge in [-0.15, -0.1) is 0 Å². The van der Waals surface area contributed by atoms with Crippen molar-refractivity contribution in [3.05, 3.63) is 22.7 Å². The first-order chi connectivity index (χ1) is 9.62. The van der Waals surface area contributed by atoms with Gasteiger partial charge in [-0.3, -0.25) is 4.57 Å². The van der Waals surface area contributed by atoms with Crippen molar-refractivity contribution in [2.45, 2.75) is 24.5 Å². The molecule has 1 saturated heterocycles. The Morgan fingerprint density at radius 1 is 1.50 bits per heavy atom. The Morgan fingerprint density at radius 3 is 2.80 bits per heavy atom. The van der Waals surface area contributed by atoms with Crippen molar-refractivity contribution in [3.8, 4) is 0 Å². The summed E-state index contributed by atoms with van der Waals surface area (Å²) in [6.45, 7) is 0.336. The lowest BCUT2D eigenvalue weighted by Gasteiger charge is -2.20. The van der Waals surface area contributed by atoms with E-state index in [1.165, 1.54) is 16.8 Å². The molecule has 1 aliphatic heterocycles. The molecule has 1 aliphatic rings. The first-order valence-corrected chi connectivity index (χ1v) is 6.79. The summed E-state index contributed by atoms with van der Waals surface area (Å²) >= 11 is 1.77. The van der Waals surface area contributed by atoms with Gasteiger partial charge in [0.2, 0.25) is 0 Å². The quantitative estimate of drug-likeness (QED) is 0.705. The van der Waals surface area contributed by atoms with Gasteiger partial charge >= 0.3 is 5.69 Å². The summed E-state index contributed by atoms with van der Waals surface area (Å²) < 4.78 is 23.0. The lowest BCUT2D eigenvalue weighted by Crippen LogP contribution is -2.37. The fourth-order valence-corrected chi connectivity index (χ4v) is 2.77. The average Bonchev–Trinajstić information content (AvgIpc) is 2.76. The van der Waals surface area contributed by atoms with Crippen LogP contribution in [0.1, 0.15) is 6.23 Å². The minimum Gasteiger partial charge on any atom is -0.383 e. The monoisotopic (exact) mass is 397 g/mol. The van der Waals surface area contributed by atoms with Crippen LogP contribution in [0.25, 0.3) is 0 Å². The molecule has 0 bridgehead atoms. The van der Waals surface area contributed by atoms with Gasteiger partial charge in [-0.25, -0.2) is 4.79 Å². The van der Waals surface area contributed by atoms with Crippen LogP contribution in [0.4, 0.5) is 5.82 Å². The Morgan fingerprint density at radius 2 is 2.25 bits per heavy atom. The Kier molecular flexibility index (Phi) is 5.32. The predicted octanol–water partition coefficient (Wildman–Crippen LogP) is 0.119. The van der Waals surface area contributed by atoms with Gasteiger partial charge in [0.05, 0.1) is 6.61 Å². The van der Waals surface area contributed by atoms with E-state index < -0.39 is 18.0 Å². The minimum atomic E-state index is -0.641. The average molecular weight is 397 g/mol. The van der Waals surface area contributed by atoms with Crippen molar-refractivity contribution >= 4 is 28.8 Å². The van der Waals surface area contributed by atoms with Gasteiger partial charge in [-0.2, -0.15) is 4.98 Å². The standard InChI is InChI=1S/C11H16IN3O5/c1-17-5-6-8(18-2)9(20-12)10(19-6)15-4-3-7(13)14-11(15)16/h3-4,6,8-10H,5H2,1-2H3,(H2,13,14,16). The van der Waals surface area contributed by atoms with Gasteiger partial charge in [0.15, 0.2) is 6.23 Å². The Labute approximate surface area is 129 Å². The summed E-state index contributed by atoms with van der Waals surface area (Å²) in [5.41, 5.74) is 4.98. The van der Waals surface area contributed by atoms with Crippen LogP contribution in [0.5, 0.6) is 0 Å². The normalized spacial score (nSPS) is 29.8. The minimum absolute atomic E-state index is 0.160. The molecule has 4 atom stereocenters. The van der Waals surface area contributed by atoms with E-state index in [-0.39, 0.29) is 18.0 Å². The Balaban J connectivity index is 2.32. The van der Waals surface area contributed by atoms with Crippen LogP contribution < -0.4 is 11.4 Å². The number of nitrogens with zero attached hydrogens (tertiary/aromatic N) is 2. The van der Waals surface area contributed by atoms with Crippen LogP contribution in [0.15, 0.2) is 17.1 Å². The zero-order chi connectivity index (χ0) is 14.7. The number of rotatable bonds is 5. The smallest absolute Gasteiger partial charge is 0.351 e. The SMILES string of the molecule is COCC1OC(n2ccc(N)nc2=O)C(OI)C1OC. The summed E-state index contributed by atoms with van der Waals surface area (Å²) in [5, 5.41) is 0. The molecule has 0 radical (unpaired) electrons. The maximum atomic E-state index is 11.9. The van der Waals surface area contributed by atoms with Gasteiger partial charge in [-0.05, 0) is 6.07 Å². The van der Waals surface area contributed by atoms with Crippen molar-refractivity contribution in [1.82, 2.24) is 9.55 Å². The van der Waals surface area contributed by atoms with Gasteiger partial charge < -0.3 is 23.0 Å². The van der Waals surface area contributed by atoms with Crippen LogP contribution in [-0.4, -0.2) is 48.7 Å². The maximum Gasteiger partial charge on any atom is 0.351 e. The van der Waals surface area contributed by atoms with E-state index in [2.05, 4.69) is 4.98 Å². The number of aromatic nitrogens is 2. The van der Waals surface area contributed by atoms with Crippen LogP contribution >= 0.6 is 23.0 Å². The largest absolute Gasteiger partial charge is 0.383 e. The number of halogens is 1. The van der Waals surface area contributed by atoms with Crippen molar-refractivity contribution in [2.24, 2.45) is 0 Å². The number of nitrogen functional groups attached to an aromatic ring is 1. The summed E-state index contributed by atoms with van der Waals surface area (Å²) in [6.07, 6.45) is -0.248. The number of nitrogens with two attached hydrogens (primary N) is 1. The summed E-state index contributed by atoms with van der Waals surface area (Å²) in [6, 6.07) is 1.53. The molecule has 0 aromatic carbocycles. The molecule has 9 heteroatoms. The predicted molar refractivity (Wildman–Crippen MR) is 78.4 cm³/mol. The highest BCUT2D eigenvalue weighted by atomic mass is 127. The van der Waals surface area contributed by atoms with Crippen LogP contribution in [-0.2, 0) is 17.3 Å². The van der Waals surface area contributed by atoms with Crippen molar-refractivity contribution in [2.75, 3.05) is 26.6 Å². The van der Waals surface area contributed by atoms with E-state index >= 15 is 0 Å². The van der Waals surface area contributed by atoms with Gasteiger partial charge in [0.1, 0.15) is 47.1 Å². The van der Waals surface area contributed by atoms with Gasteiger partial charge in [-0.1, -0.05) is 0 Å². The van der Waals surface area contributed by atoms with Crippen molar-refractivity contribution < 1.29 is 17.3 Å². The molecule has 1 aromatic rings. The molecule has 4 unspecified atom stereocenters. The van der Waals surface area contributed by atoms with E-state index in [1.54, 1.807) is 37.2 Å². The van der Waals surface area contributed by atoms with Crippen molar-refractivity contribution in [1.29, 1.82) is 0 Å². The number of methoxy groups -OCH3 is 2. The molecule has 20 heavy (non-hydrogen) atoms. The first-order valence-electron chi connectivity index (χ1n) is 5.91. The number of hydrogen-bond donors (Lipinski definition) is 1. The summed E-state index contributed by atoms with van der Waals surface area (Å²) in [4.78, 5) is 15.6. The summed E-state index contributed by atoms with van der Waals surface area (Å²) in [7, 11) is 3.13. The molecule has 2 N–H and O–H groups in total. The third-order valence-corrected chi connectivity index (χ3v) is 3.70. The topological polar surface area (TPSA) is 97.8 Å². The molecule has 0 spiro atoms. The summed E-state index contributed by atoms with van der Waals surface area (Å²) in [5.74, 6) is 0.160. The highest BCUT2D eigenvalue weighted by Gasteiger charge is 2.47. The molecule has 0 saturated carbocycles. The van der Waals surface area contributed by atoms with Crippen LogP contribution in [0.3, 0.4) is 0 Å². The number of anilines is 1. The second-order valence-electron chi connectivity index (χ2n) is 4.32. The molecular formula is C11H16IN3O5. The fraction of sp³-hybridized carbons (Fsp3) is 0.636. The fourth-order valence-electron chi connectivity index (χ4n) is 2.23. The maximum absolute atomic E-state index is 11.9. The molecular weight excluding hydrogens is 381 g/mol. The third-order valence-electron chi connectivity index (χ3n) is 3.12. The molecule has 2 heterocycles. The molecule has 1 fully saturated rings. The van der Waals surface area contributed by atoms with Crippen molar-refractivity contribution in [3.63, 3.8) is 0 Å². The van der Waals surface area contributed by atoms with E-state index in [0.29, 0.717) is 6.61 Å². The highest BCUT2D eigenvalue weighted by molar-refractivity contribution is 14.1. The van der Waals surface area contributed by atoms with Gasteiger partial charge in [0.25, 0.3) is 0 Å². The van der Waals surface area contributed by atoms with Crippen LogP contribution in [0.2, 0.25) is 0 Å². The molecule has 1 aromatic heterocycles. The Bertz CT molecular complexity index is 511. The van der Waals surface area contributed by atoms with Crippen LogP contribution in [0, 0.1) is 0 Å². The molecule has 0 amide bonds. The molecule has 112 valence electrons. The lowest BCUT2D eigenvalue weighted by molar-refractivity contribution is -0.0627. The second kappa shape index (κ2) is 6.80. The van der Waals surface area contributed by atoms with E-state index in [1.807, 2.05) is 0 Å². The molecule has 2 rings (SSSR count). The lowest BCUT2D eigenvalue weighted by atomic mass is 10.1. The second-order valence-corrected chi connectivity index (χ2v) is 4.83. The molecule has 0 aliphatic carbocycles. The number of hydrogen-bond acceptors (Lipinski definition) is 7. The van der Waals surface area contributed by atoms with E-state index in [0.717, 1.165) is 0 Å². The highest BCUT2D eigenvalue weighted by Crippen LogP contribution is 2.33. The molecule has 8 nitrogen and oxygen atoms in total. The van der Waals surface area contributed by atoms with Gasteiger partial charge in [0, 0.05) is 20.4 Å². The third kappa shape index (κ3) is 2.96.